The molecule has 2 rings (SSSR count). The number of rotatable bonds is 5. The molecule has 1 aliphatic rings. The van der Waals surface area contributed by atoms with E-state index in [1.807, 2.05) is 6.92 Å². The second-order valence-electron chi connectivity index (χ2n) is 3.69. The van der Waals surface area contributed by atoms with Crippen molar-refractivity contribution in [1.82, 2.24) is 4.47 Å². The van der Waals surface area contributed by atoms with Crippen LogP contribution in [0.15, 0.2) is 29.2 Å². The Bertz CT molecular complexity index is 554. The SMILES string of the molecule is CCCOCON1C(=O)c2ccccc2S1(=O)=O. The number of sulfonamides is 1. The zero-order valence-electron chi connectivity index (χ0n) is 9.83. The lowest BCUT2D eigenvalue weighted by molar-refractivity contribution is -0.150. The highest BCUT2D eigenvalue weighted by Gasteiger charge is 2.42. The van der Waals surface area contributed by atoms with Gasteiger partial charge < -0.3 is 4.74 Å². The Morgan fingerprint density at radius 2 is 2.00 bits per heavy atom. The standard InChI is InChI=1S/C11H13NO5S/c1-2-7-16-8-17-12-11(13)9-5-3-4-6-10(9)18(12,14)15/h3-6H,2,7-8H2,1H3. The highest BCUT2D eigenvalue weighted by molar-refractivity contribution is 7.90. The number of nitrogens with zero attached hydrogens (tertiary/aromatic N) is 1. The van der Waals surface area contributed by atoms with Crippen molar-refractivity contribution in [3.63, 3.8) is 0 Å². The van der Waals surface area contributed by atoms with E-state index in [2.05, 4.69) is 0 Å². The number of hydrogen-bond acceptors (Lipinski definition) is 5. The fourth-order valence-corrected chi connectivity index (χ4v) is 2.94. The van der Waals surface area contributed by atoms with Crippen LogP contribution in [0, 0.1) is 0 Å². The third-order valence-electron chi connectivity index (χ3n) is 2.38. The molecule has 1 aromatic rings. The van der Waals surface area contributed by atoms with Crippen molar-refractivity contribution < 1.29 is 22.8 Å². The van der Waals surface area contributed by atoms with Crippen LogP contribution in [-0.2, 0) is 19.6 Å². The van der Waals surface area contributed by atoms with Gasteiger partial charge in [-0.2, -0.15) is 8.42 Å². The lowest BCUT2D eigenvalue weighted by atomic mass is 10.2. The maximum Gasteiger partial charge on any atom is 0.293 e. The summed E-state index contributed by atoms with van der Waals surface area (Å²) in [7, 11) is -3.90. The Balaban J connectivity index is 2.18. The molecule has 1 aromatic carbocycles. The van der Waals surface area contributed by atoms with E-state index < -0.39 is 15.9 Å². The lowest BCUT2D eigenvalue weighted by Crippen LogP contribution is -2.31. The van der Waals surface area contributed by atoms with E-state index in [1.54, 1.807) is 12.1 Å². The number of ether oxygens (including phenoxy) is 1. The Labute approximate surface area is 105 Å². The van der Waals surface area contributed by atoms with Crippen LogP contribution in [0.25, 0.3) is 0 Å². The Morgan fingerprint density at radius 1 is 1.28 bits per heavy atom. The molecule has 7 heteroatoms. The van der Waals surface area contributed by atoms with Crippen molar-refractivity contribution in [2.45, 2.75) is 18.2 Å². The topological polar surface area (TPSA) is 72.9 Å². The Hall–Kier alpha value is -1.44. The maximum atomic E-state index is 12.0. The van der Waals surface area contributed by atoms with Crippen LogP contribution >= 0.6 is 0 Å². The molecule has 0 radical (unpaired) electrons. The molecule has 1 heterocycles. The quantitative estimate of drug-likeness (QED) is 0.593. The molecular formula is C11H13NO5S. The zero-order valence-corrected chi connectivity index (χ0v) is 10.6. The van der Waals surface area contributed by atoms with Gasteiger partial charge in [-0.05, 0) is 18.6 Å². The number of carbonyl (C=O) groups is 1. The molecule has 0 saturated carbocycles. The molecule has 0 N–H and O–H groups in total. The number of hydrogen-bond donors (Lipinski definition) is 0. The third-order valence-corrected chi connectivity index (χ3v) is 4.00. The van der Waals surface area contributed by atoms with Gasteiger partial charge in [0.25, 0.3) is 15.9 Å². The van der Waals surface area contributed by atoms with E-state index in [0.29, 0.717) is 11.1 Å². The zero-order chi connectivity index (χ0) is 13.2. The average Bonchev–Trinajstić information content (AvgIpc) is 2.55. The van der Waals surface area contributed by atoms with Crippen molar-refractivity contribution in [2.75, 3.05) is 13.4 Å². The first kappa shape index (κ1) is 13.0. The molecule has 0 aromatic heterocycles. The van der Waals surface area contributed by atoms with Crippen LogP contribution in [0.2, 0.25) is 0 Å². The van der Waals surface area contributed by atoms with Crippen LogP contribution in [-0.4, -0.2) is 32.2 Å². The number of amides is 1. The van der Waals surface area contributed by atoms with Crippen molar-refractivity contribution in [1.29, 1.82) is 0 Å². The highest BCUT2D eigenvalue weighted by atomic mass is 32.2. The van der Waals surface area contributed by atoms with E-state index in [9.17, 15) is 13.2 Å². The molecule has 0 atom stereocenters. The molecule has 1 amide bonds. The summed E-state index contributed by atoms with van der Waals surface area (Å²) in [6.45, 7) is 2.08. The van der Waals surface area contributed by atoms with E-state index in [0.717, 1.165) is 6.42 Å². The van der Waals surface area contributed by atoms with Crippen molar-refractivity contribution >= 4 is 15.9 Å². The van der Waals surface area contributed by atoms with Gasteiger partial charge in [0.05, 0.1) is 5.56 Å². The lowest BCUT2D eigenvalue weighted by Gasteiger charge is -2.13. The van der Waals surface area contributed by atoms with Gasteiger partial charge in [-0.3, -0.25) is 4.79 Å². The normalized spacial score (nSPS) is 16.9. The van der Waals surface area contributed by atoms with Crippen LogP contribution in [0.4, 0.5) is 0 Å². The molecule has 0 aliphatic carbocycles. The first-order valence-electron chi connectivity index (χ1n) is 5.48. The summed E-state index contributed by atoms with van der Waals surface area (Å²) in [5.41, 5.74) is 0.119. The second kappa shape index (κ2) is 5.05. The molecule has 1 aliphatic heterocycles. The van der Waals surface area contributed by atoms with E-state index in [1.165, 1.54) is 12.1 Å². The molecule has 18 heavy (non-hydrogen) atoms. The molecule has 0 saturated heterocycles. The molecule has 0 spiro atoms. The number of carbonyl (C=O) groups excluding carboxylic acids is 1. The minimum absolute atomic E-state index is 0.0366. The van der Waals surface area contributed by atoms with Gasteiger partial charge in [-0.15, -0.1) is 0 Å². The third kappa shape index (κ3) is 2.12. The smallest absolute Gasteiger partial charge is 0.293 e. The minimum atomic E-state index is -3.90. The predicted octanol–water partition coefficient (Wildman–Crippen LogP) is 1.15. The summed E-state index contributed by atoms with van der Waals surface area (Å²) >= 11 is 0. The van der Waals surface area contributed by atoms with Gasteiger partial charge in [0, 0.05) is 6.61 Å². The Morgan fingerprint density at radius 3 is 2.67 bits per heavy atom. The Kier molecular flexibility index (Phi) is 3.65. The fourth-order valence-electron chi connectivity index (χ4n) is 1.58. The predicted molar refractivity (Wildman–Crippen MR) is 62.0 cm³/mol. The van der Waals surface area contributed by atoms with Crippen molar-refractivity contribution in [3.8, 4) is 0 Å². The molecule has 98 valence electrons. The molecular weight excluding hydrogens is 258 g/mol. The summed E-state index contributed by atoms with van der Waals surface area (Å²) in [6.07, 6.45) is 0.782. The summed E-state index contributed by atoms with van der Waals surface area (Å²) in [4.78, 5) is 16.7. The van der Waals surface area contributed by atoms with Gasteiger partial charge in [-0.25, -0.2) is 4.84 Å². The van der Waals surface area contributed by atoms with Crippen LogP contribution < -0.4 is 0 Å². The summed E-state index contributed by atoms with van der Waals surface area (Å²) in [5.74, 6) is -0.689. The summed E-state index contributed by atoms with van der Waals surface area (Å²) in [5, 5.41) is 0. The monoisotopic (exact) mass is 271 g/mol. The number of benzene rings is 1. The van der Waals surface area contributed by atoms with Gasteiger partial charge in [0.2, 0.25) is 0 Å². The van der Waals surface area contributed by atoms with Gasteiger partial charge in [0.1, 0.15) is 4.90 Å². The summed E-state index contributed by atoms with van der Waals surface area (Å²) in [6, 6.07) is 5.98. The van der Waals surface area contributed by atoms with E-state index in [-0.39, 0.29) is 17.3 Å². The van der Waals surface area contributed by atoms with Crippen LogP contribution in [0.1, 0.15) is 23.7 Å². The van der Waals surface area contributed by atoms with E-state index in [4.69, 9.17) is 9.57 Å². The van der Waals surface area contributed by atoms with Gasteiger partial charge in [0.15, 0.2) is 6.79 Å². The first-order chi connectivity index (χ1) is 8.59. The second-order valence-corrected chi connectivity index (χ2v) is 5.41. The molecule has 6 nitrogen and oxygen atoms in total. The highest BCUT2D eigenvalue weighted by Crippen LogP contribution is 2.29. The van der Waals surface area contributed by atoms with Gasteiger partial charge in [-0.1, -0.05) is 23.5 Å². The fraction of sp³-hybridized carbons (Fsp3) is 0.364. The maximum absolute atomic E-state index is 12.0. The summed E-state index contributed by atoms with van der Waals surface area (Å²) < 4.78 is 29.4. The van der Waals surface area contributed by atoms with Crippen LogP contribution in [0.5, 0.6) is 0 Å². The molecule has 0 unspecified atom stereocenters. The van der Waals surface area contributed by atoms with Crippen LogP contribution in [0.3, 0.4) is 0 Å². The molecule has 0 fully saturated rings. The molecule has 0 bridgehead atoms. The van der Waals surface area contributed by atoms with Crippen molar-refractivity contribution in [2.24, 2.45) is 0 Å². The largest absolute Gasteiger partial charge is 0.353 e. The average molecular weight is 271 g/mol. The van der Waals surface area contributed by atoms with Crippen molar-refractivity contribution in [3.05, 3.63) is 29.8 Å². The van der Waals surface area contributed by atoms with Gasteiger partial charge >= 0.3 is 0 Å². The number of fused-ring (bicyclic) bond motifs is 1. The first-order valence-corrected chi connectivity index (χ1v) is 6.92. The minimum Gasteiger partial charge on any atom is -0.353 e. The van der Waals surface area contributed by atoms with E-state index >= 15 is 0 Å². The number of hydroxylamine groups is 1.